The molecule has 112 valence electrons. The topological polar surface area (TPSA) is 86.3 Å². The second kappa shape index (κ2) is 6.33. The highest BCUT2D eigenvalue weighted by Crippen LogP contribution is 2.16. The minimum Gasteiger partial charge on any atom is -0.548 e. The molecule has 1 aromatic carbocycles. The number of nitrogens with one attached hydrogen (secondary N) is 1. The van der Waals surface area contributed by atoms with E-state index >= 15 is 0 Å². The Morgan fingerprint density at radius 1 is 1.29 bits per heavy atom. The molecule has 0 saturated heterocycles. The fraction of sp³-hybridized carbons (Fsp3) is 0.154. The minimum atomic E-state index is -3.92. The first-order valence-corrected chi connectivity index (χ1v) is 8.26. The molecule has 0 saturated carbocycles. The van der Waals surface area contributed by atoms with Gasteiger partial charge in [-0.25, -0.2) is 17.5 Å². The van der Waals surface area contributed by atoms with Crippen LogP contribution >= 0.6 is 11.3 Å². The predicted molar refractivity (Wildman–Crippen MR) is 73.5 cm³/mol. The standard InChI is InChI=1S/C13H12FNO4S2/c14-10-5-3-9(4-6-10)8-11(13(16)17)15-21(18,19)12-2-1-7-20-12/h1-7,11,15H,8H2,(H,16,17)/p-1/t11-/m1/s1. The Morgan fingerprint density at radius 3 is 2.48 bits per heavy atom. The first-order valence-electron chi connectivity index (χ1n) is 5.89. The maximum absolute atomic E-state index is 12.8. The minimum absolute atomic E-state index is 0.0212. The Bertz CT molecular complexity index is 711. The summed E-state index contributed by atoms with van der Waals surface area (Å²) in [6.45, 7) is 0. The van der Waals surface area contributed by atoms with Gasteiger partial charge in [0.1, 0.15) is 10.0 Å². The van der Waals surface area contributed by atoms with E-state index in [9.17, 15) is 22.7 Å². The number of aliphatic carboxylic acids is 1. The highest BCUT2D eigenvalue weighted by molar-refractivity contribution is 7.91. The van der Waals surface area contributed by atoms with Crippen LogP contribution in [-0.4, -0.2) is 20.4 Å². The average Bonchev–Trinajstić information content (AvgIpc) is 2.95. The Balaban J connectivity index is 2.17. The van der Waals surface area contributed by atoms with E-state index in [1.807, 2.05) is 0 Å². The fourth-order valence-electron chi connectivity index (χ4n) is 1.69. The van der Waals surface area contributed by atoms with E-state index < -0.39 is 27.9 Å². The van der Waals surface area contributed by atoms with Crippen LogP contribution in [0.25, 0.3) is 0 Å². The van der Waals surface area contributed by atoms with Crippen molar-refractivity contribution in [1.29, 1.82) is 0 Å². The van der Waals surface area contributed by atoms with Crippen molar-refractivity contribution < 1.29 is 22.7 Å². The lowest BCUT2D eigenvalue weighted by Gasteiger charge is -2.19. The number of benzene rings is 1. The summed E-state index contributed by atoms with van der Waals surface area (Å²) in [7, 11) is -3.92. The molecule has 0 fully saturated rings. The van der Waals surface area contributed by atoms with E-state index in [0.29, 0.717) is 5.56 Å². The van der Waals surface area contributed by atoms with Crippen LogP contribution in [0.3, 0.4) is 0 Å². The van der Waals surface area contributed by atoms with Crippen LogP contribution in [0.1, 0.15) is 5.56 Å². The van der Waals surface area contributed by atoms with Crippen LogP contribution in [0.5, 0.6) is 0 Å². The lowest BCUT2D eigenvalue weighted by molar-refractivity contribution is -0.307. The first-order chi connectivity index (χ1) is 9.88. The maximum atomic E-state index is 12.8. The summed E-state index contributed by atoms with van der Waals surface area (Å²) in [6, 6.07) is 6.63. The number of thiophene rings is 1. The molecule has 2 aromatic rings. The van der Waals surface area contributed by atoms with Crippen LogP contribution < -0.4 is 9.83 Å². The van der Waals surface area contributed by atoms with Gasteiger partial charge in [0.15, 0.2) is 0 Å². The summed E-state index contributed by atoms with van der Waals surface area (Å²) >= 11 is 0.978. The number of carbonyl (C=O) groups is 1. The van der Waals surface area contributed by atoms with Crippen LogP contribution in [0, 0.1) is 5.82 Å². The molecule has 5 nitrogen and oxygen atoms in total. The van der Waals surface area contributed by atoms with Gasteiger partial charge in [-0.05, 0) is 35.6 Å². The second-order valence-electron chi connectivity index (χ2n) is 4.26. The van der Waals surface area contributed by atoms with Gasteiger partial charge in [-0.15, -0.1) is 11.3 Å². The number of hydrogen-bond acceptors (Lipinski definition) is 5. The van der Waals surface area contributed by atoms with Gasteiger partial charge < -0.3 is 9.90 Å². The van der Waals surface area contributed by atoms with Crippen molar-refractivity contribution >= 4 is 27.3 Å². The van der Waals surface area contributed by atoms with Crippen molar-refractivity contribution in [2.75, 3.05) is 0 Å². The number of carboxylic acid groups (broad SMARTS) is 1. The predicted octanol–water partition coefficient (Wildman–Crippen LogP) is 0.527. The molecule has 2 rings (SSSR count). The Hall–Kier alpha value is -1.77. The second-order valence-corrected chi connectivity index (χ2v) is 7.14. The van der Waals surface area contributed by atoms with Gasteiger partial charge in [0.25, 0.3) is 10.0 Å². The van der Waals surface area contributed by atoms with Gasteiger partial charge >= 0.3 is 0 Å². The molecule has 0 aliphatic rings. The molecule has 21 heavy (non-hydrogen) atoms. The van der Waals surface area contributed by atoms with Crippen molar-refractivity contribution in [3.05, 3.63) is 53.2 Å². The number of hydrogen-bond donors (Lipinski definition) is 1. The molecular formula is C13H11FNO4S2-. The van der Waals surface area contributed by atoms with E-state index in [4.69, 9.17) is 0 Å². The van der Waals surface area contributed by atoms with Gasteiger partial charge in [-0.3, -0.25) is 0 Å². The normalized spacial score (nSPS) is 13.0. The van der Waals surface area contributed by atoms with Crippen LogP contribution in [0.4, 0.5) is 4.39 Å². The summed E-state index contributed by atoms with van der Waals surface area (Å²) in [4.78, 5) is 11.1. The van der Waals surface area contributed by atoms with Crippen LogP contribution in [-0.2, 0) is 21.2 Å². The third kappa shape index (κ3) is 4.10. The van der Waals surface area contributed by atoms with Gasteiger partial charge in [0.2, 0.25) is 0 Å². The highest BCUT2D eigenvalue weighted by atomic mass is 32.2. The molecule has 0 bridgehead atoms. The third-order valence-electron chi connectivity index (χ3n) is 2.69. The smallest absolute Gasteiger partial charge is 0.250 e. The summed E-state index contributed by atoms with van der Waals surface area (Å²) in [5, 5.41) is 12.7. The van der Waals surface area contributed by atoms with E-state index in [1.165, 1.54) is 30.3 Å². The van der Waals surface area contributed by atoms with Gasteiger partial charge in [0.05, 0.1) is 12.0 Å². The molecule has 1 aromatic heterocycles. The Morgan fingerprint density at radius 2 is 1.95 bits per heavy atom. The molecule has 1 N–H and O–H groups in total. The first kappa shape index (κ1) is 15.6. The lowest BCUT2D eigenvalue weighted by atomic mass is 10.1. The lowest BCUT2D eigenvalue weighted by Crippen LogP contribution is -2.48. The van der Waals surface area contributed by atoms with Gasteiger partial charge in [-0.1, -0.05) is 18.2 Å². The molecule has 1 atom stereocenters. The van der Waals surface area contributed by atoms with Crippen molar-refractivity contribution in [1.82, 2.24) is 4.72 Å². The van der Waals surface area contributed by atoms with Crippen molar-refractivity contribution in [2.45, 2.75) is 16.7 Å². The maximum Gasteiger partial charge on any atom is 0.250 e. The van der Waals surface area contributed by atoms with E-state index in [1.54, 1.807) is 11.4 Å². The highest BCUT2D eigenvalue weighted by Gasteiger charge is 2.22. The zero-order valence-corrected chi connectivity index (χ0v) is 12.3. The van der Waals surface area contributed by atoms with E-state index in [0.717, 1.165) is 11.3 Å². The number of carboxylic acids is 1. The molecule has 8 heteroatoms. The number of carbonyl (C=O) groups excluding carboxylic acids is 1. The molecule has 0 aliphatic carbocycles. The molecule has 0 unspecified atom stereocenters. The summed E-state index contributed by atoms with van der Waals surface area (Å²) in [5.74, 6) is -2.00. The SMILES string of the molecule is O=C([O-])[C@@H](Cc1ccc(F)cc1)NS(=O)(=O)c1cccs1. The molecule has 0 aliphatic heterocycles. The number of halogens is 1. The van der Waals surface area contributed by atoms with E-state index in [2.05, 4.69) is 4.72 Å². The molecular weight excluding hydrogens is 317 g/mol. The van der Waals surface area contributed by atoms with Crippen LogP contribution in [0.2, 0.25) is 0 Å². The number of rotatable bonds is 6. The van der Waals surface area contributed by atoms with Gasteiger partial charge in [-0.2, -0.15) is 0 Å². The molecule has 1 heterocycles. The Labute approximate surface area is 125 Å². The van der Waals surface area contributed by atoms with Crippen molar-refractivity contribution in [3.8, 4) is 0 Å². The van der Waals surface area contributed by atoms with Crippen molar-refractivity contribution in [2.24, 2.45) is 0 Å². The average molecular weight is 328 g/mol. The number of sulfonamides is 1. The summed E-state index contributed by atoms with van der Waals surface area (Å²) in [5.41, 5.74) is 0.486. The largest absolute Gasteiger partial charge is 0.548 e. The van der Waals surface area contributed by atoms with Crippen molar-refractivity contribution in [3.63, 3.8) is 0 Å². The summed E-state index contributed by atoms with van der Waals surface area (Å²) < 4.78 is 38.9. The summed E-state index contributed by atoms with van der Waals surface area (Å²) in [6.07, 6.45) is -0.132. The fourth-order valence-corrected chi connectivity index (χ4v) is 3.89. The van der Waals surface area contributed by atoms with Crippen LogP contribution in [0.15, 0.2) is 46.0 Å². The zero-order chi connectivity index (χ0) is 15.5. The molecule has 0 spiro atoms. The molecule has 0 amide bonds. The third-order valence-corrected chi connectivity index (χ3v) is 5.56. The van der Waals surface area contributed by atoms with E-state index in [-0.39, 0.29) is 10.6 Å². The monoisotopic (exact) mass is 328 g/mol. The molecule has 0 radical (unpaired) electrons. The van der Waals surface area contributed by atoms with Gasteiger partial charge in [0, 0.05) is 0 Å². The quantitative estimate of drug-likeness (QED) is 0.838. The zero-order valence-electron chi connectivity index (χ0n) is 10.7. The Kier molecular flexibility index (Phi) is 4.71.